The van der Waals surface area contributed by atoms with Gasteiger partial charge in [-0.2, -0.15) is 5.10 Å². The van der Waals surface area contributed by atoms with Crippen molar-refractivity contribution in [2.24, 2.45) is 5.10 Å². The first-order valence-electron chi connectivity index (χ1n) is 7.65. The van der Waals surface area contributed by atoms with Crippen LogP contribution >= 0.6 is 0 Å². The fourth-order valence-corrected chi connectivity index (χ4v) is 2.24. The number of carbonyl (C=O) groups is 1. The first kappa shape index (κ1) is 15.8. The molecule has 0 aliphatic carbocycles. The molecule has 1 N–H and O–H groups in total. The van der Waals surface area contributed by atoms with Gasteiger partial charge in [-0.05, 0) is 36.3 Å². The Labute approximate surface area is 140 Å². The molecule has 0 saturated heterocycles. The fraction of sp³-hybridized carbons (Fsp3) is 0.158. The number of rotatable bonds is 5. The zero-order valence-electron chi connectivity index (χ0n) is 13.4. The third kappa shape index (κ3) is 4.23. The highest BCUT2D eigenvalue weighted by Crippen LogP contribution is 2.32. The monoisotopic (exact) mass is 322 g/mol. The zero-order chi connectivity index (χ0) is 16.8. The average Bonchev–Trinajstić information content (AvgIpc) is 3.07. The van der Waals surface area contributed by atoms with E-state index in [1.165, 1.54) is 0 Å². The summed E-state index contributed by atoms with van der Waals surface area (Å²) in [6.45, 7) is 2.09. The standard InChI is InChI=1S/C19H18N2O3/c1-14(20-21-19(22)12-15-5-3-2-4-6-15)7-8-16-9-10-17-18(11-16)24-13-23-17/h2-11H,12-13H2,1H3,(H,21,22)/b8-7+,20-14?. The van der Waals surface area contributed by atoms with Crippen LogP contribution in [-0.4, -0.2) is 18.4 Å². The Balaban J connectivity index is 1.55. The van der Waals surface area contributed by atoms with Crippen LogP contribution in [0.15, 0.2) is 59.7 Å². The minimum Gasteiger partial charge on any atom is -0.454 e. The van der Waals surface area contributed by atoms with Crippen molar-refractivity contribution in [1.82, 2.24) is 5.43 Å². The largest absolute Gasteiger partial charge is 0.454 e. The molecule has 1 aliphatic heterocycles. The minimum absolute atomic E-state index is 0.142. The van der Waals surface area contributed by atoms with E-state index in [4.69, 9.17) is 9.47 Å². The number of hydrazone groups is 1. The molecule has 1 aliphatic rings. The van der Waals surface area contributed by atoms with Gasteiger partial charge < -0.3 is 9.47 Å². The molecule has 0 fully saturated rings. The molecule has 0 atom stereocenters. The zero-order valence-corrected chi connectivity index (χ0v) is 13.4. The number of carbonyl (C=O) groups excluding carboxylic acids is 1. The maximum absolute atomic E-state index is 11.8. The summed E-state index contributed by atoms with van der Waals surface area (Å²) in [5.74, 6) is 1.35. The van der Waals surface area contributed by atoms with Crippen LogP contribution in [0.2, 0.25) is 0 Å². The van der Waals surface area contributed by atoms with Gasteiger partial charge in [0.1, 0.15) is 0 Å². The molecule has 1 amide bonds. The van der Waals surface area contributed by atoms with Gasteiger partial charge in [0.05, 0.1) is 12.1 Å². The van der Waals surface area contributed by atoms with Crippen LogP contribution in [-0.2, 0) is 11.2 Å². The molecular weight excluding hydrogens is 304 g/mol. The van der Waals surface area contributed by atoms with E-state index >= 15 is 0 Å². The van der Waals surface area contributed by atoms with Gasteiger partial charge in [-0.3, -0.25) is 4.79 Å². The molecule has 0 unspecified atom stereocenters. The molecule has 2 aromatic rings. The van der Waals surface area contributed by atoms with Gasteiger partial charge in [0, 0.05) is 0 Å². The van der Waals surface area contributed by atoms with Gasteiger partial charge in [-0.1, -0.05) is 42.5 Å². The Kier molecular flexibility index (Phi) is 4.91. The van der Waals surface area contributed by atoms with Crippen molar-refractivity contribution in [1.29, 1.82) is 0 Å². The van der Waals surface area contributed by atoms with Crippen LogP contribution < -0.4 is 14.9 Å². The molecule has 0 spiro atoms. The molecule has 0 radical (unpaired) electrons. The Morgan fingerprint density at radius 1 is 1.17 bits per heavy atom. The number of benzene rings is 2. The second-order valence-electron chi connectivity index (χ2n) is 5.40. The molecule has 0 aromatic heterocycles. The third-order valence-electron chi connectivity index (χ3n) is 3.48. The van der Waals surface area contributed by atoms with E-state index in [0.717, 1.165) is 22.6 Å². The Morgan fingerprint density at radius 2 is 1.96 bits per heavy atom. The van der Waals surface area contributed by atoms with Gasteiger partial charge in [-0.25, -0.2) is 5.43 Å². The van der Waals surface area contributed by atoms with Crippen LogP contribution in [0.25, 0.3) is 6.08 Å². The lowest BCUT2D eigenvalue weighted by molar-refractivity contribution is -0.120. The van der Waals surface area contributed by atoms with Crippen molar-refractivity contribution in [3.8, 4) is 11.5 Å². The van der Waals surface area contributed by atoms with Crippen LogP contribution in [0.3, 0.4) is 0 Å². The molecule has 122 valence electrons. The molecule has 5 heteroatoms. The van der Waals surface area contributed by atoms with E-state index in [9.17, 15) is 4.79 Å². The van der Waals surface area contributed by atoms with Gasteiger partial charge in [0.25, 0.3) is 0 Å². The molecule has 2 aromatic carbocycles. The summed E-state index contributed by atoms with van der Waals surface area (Å²) in [5, 5.41) is 4.08. The number of hydrogen-bond acceptors (Lipinski definition) is 4. The van der Waals surface area contributed by atoms with Gasteiger partial charge >= 0.3 is 0 Å². The molecule has 24 heavy (non-hydrogen) atoms. The summed E-state index contributed by atoms with van der Waals surface area (Å²) in [5.41, 5.74) is 5.20. The van der Waals surface area contributed by atoms with Crippen molar-refractivity contribution < 1.29 is 14.3 Å². The number of nitrogens with one attached hydrogen (secondary N) is 1. The summed E-state index contributed by atoms with van der Waals surface area (Å²) in [4.78, 5) is 11.8. The Bertz CT molecular complexity index is 782. The van der Waals surface area contributed by atoms with Gasteiger partial charge in [0.2, 0.25) is 12.7 Å². The quantitative estimate of drug-likeness (QED) is 0.679. The predicted octanol–water partition coefficient (Wildman–Crippen LogP) is 3.16. The maximum Gasteiger partial charge on any atom is 0.244 e. The van der Waals surface area contributed by atoms with Crippen LogP contribution in [0.4, 0.5) is 0 Å². The van der Waals surface area contributed by atoms with Crippen molar-refractivity contribution >= 4 is 17.7 Å². The van der Waals surface area contributed by atoms with E-state index < -0.39 is 0 Å². The molecule has 1 heterocycles. The fourth-order valence-electron chi connectivity index (χ4n) is 2.24. The summed E-state index contributed by atoms with van der Waals surface area (Å²) in [6, 6.07) is 15.3. The highest BCUT2D eigenvalue weighted by atomic mass is 16.7. The highest BCUT2D eigenvalue weighted by molar-refractivity contribution is 5.97. The first-order valence-corrected chi connectivity index (χ1v) is 7.65. The van der Waals surface area contributed by atoms with Crippen molar-refractivity contribution in [3.05, 3.63) is 65.7 Å². The smallest absolute Gasteiger partial charge is 0.244 e. The van der Waals surface area contributed by atoms with Gasteiger partial charge in [-0.15, -0.1) is 0 Å². The number of hydrogen-bond donors (Lipinski definition) is 1. The van der Waals surface area contributed by atoms with Crippen molar-refractivity contribution in [2.75, 3.05) is 6.79 Å². The average molecular weight is 322 g/mol. The normalized spacial score (nSPS) is 13.3. The van der Waals surface area contributed by atoms with E-state index in [0.29, 0.717) is 12.1 Å². The minimum atomic E-state index is -0.142. The number of allylic oxidation sites excluding steroid dienone is 1. The topological polar surface area (TPSA) is 59.9 Å². The number of amides is 1. The molecule has 5 nitrogen and oxygen atoms in total. The van der Waals surface area contributed by atoms with Crippen LogP contribution in [0.1, 0.15) is 18.1 Å². The SMILES string of the molecule is CC(/C=C/c1ccc2c(c1)OCO2)=NNC(=O)Cc1ccccc1. The number of ether oxygens (including phenoxy) is 2. The molecule has 3 rings (SSSR count). The molecule has 0 bridgehead atoms. The second kappa shape index (κ2) is 7.46. The van der Waals surface area contributed by atoms with E-state index in [-0.39, 0.29) is 12.7 Å². The number of fused-ring (bicyclic) bond motifs is 1. The molecular formula is C19H18N2O3. The van der Waals surface area contributed by atoms with E-state index in [2.05, 4.69) is 10.5 Å². The molecule has 0 saturated carbocycles. The first-order chi connectivity index (χ1) is 11.7. The Morgan fingerprint density at radius 3 is 2.79 bits per heavy atom. The lowest BCUT2D eigenvalue weighted by atomic mass is 10.1. The highest BCUT2D eigenvalue weighted by Gasteiger charge is 2.12. The van der Waals surface area contributed by atoms with E-state index in [1.807, 2.05) is 67.6 Å². The third-order valence-corrected chi connectivity index (χ3v) is 3.48. The number of nitrogens with zero attached hydrogens (tertiary/aromatic N) is 1. The lowest BCUT2D eigenvalue weighted by Crippen LogP contribution is -2.20. The lowest BCUT2D eigenvalue weighted by Gasteiger charge is -2.01. The van der Waals surface area contributed by atoms with Crippen molar-refractivity contribution in [2.45, 2.75) is 13.3 Å². The van der Waals surface area contributed by atoms with E-state index in [1.54, 1.807) is 0 Å². The predicted molar refractivity (Wildman–Crippen MR) is 93.0 cm³/mol. The van der Waals surface area contributed by atoms with Gasteiger partial charge in [0.15, 0.2) is 11.5 Å². The summed E-state index contributed by atoms with van der Waals surface area (Å²) < 4.78 is 10.6. The Hall–Kier alpha value is -3.08. The van der Waals surface area contributed by atoms with Crippen LogP contribution in [0.5, 0.6) is 11.5 Å². The maximum atomic E-state index is 11.8. The summed E-state index contributed by atoms with van der Waals surface area (Å²) in [6.07, 6.45) is 4.05. The summed E-state index contributed by atoms with van der Waals surface area (Å²) >= 11 is 0. The summed E-state index contributed by atoms with van der Waals surface area (Å²) in [7, 11) is 0. The second-order valence-corrected chi connectivity index (χ2v) is 5.40. The van der Waals surface area contributed by atoms with Crippen molar-refractivity contribution in [3.63, 3.8) is 0 Å². The van der Waals surface area contributed by atoms with Crippen LogP contribution in [0, 0.1) is 0 Å².